The first-order valence-electron chi connectivity index (χ1n) is 11.4. The second-order valence-corrected chi connectivity index (χ2v) is 10.0. The van der Waals surface area contributed by atoms with Crippen LogP contribution in [0.15, 0.2) is 36.2 Å². The van der Waals surface area contributed by atoms with Crippen LogP contribution in [-0.2, 0) is 22.5 Å². The molecule has 1 aromatic heterocycles. The minimum Gasteiger partial charge on any atom is -0.496 e. The molecule has 1 heterocycles. The molecule has 188 valence electrons. The summed E-state index contributed by atoms with van der Waals surface area (Å²) in [6.07, 6.45) is 2.72. The van der Waals surface area contributed by atoms with Crippen LogP contribution >= 0.6 is 11.3 Å². The molecule has 0 bridgehead atoms. The molecule has 1 amide bonds. The van der Waals surface area contributed by atoms with E-state index in [1.807, 2.05) is 19.9 Å². The number of methoxy groups -OCH3 is 1. The number of ether oxygens (including phenoxy) is 2. The number of aliphatic carboxylic acids is 1. The van der Waals surface area contributed by atoms with Gasteiger partial charge in [-0.3, -0.25) is 4.79 Å². The highest BCUT2D eigenvalue weighted by Crippen LogP contribution is 2.34. The van der Waals surface area contributed by atoms with Gasteiger partial charge in [0.2, 0.25) is 0 Å². The summed E-state index contributed by atoms with van der Waals surface area (Å²) in [4.78, 5) is 29.8. The quantitative estimate of drug-likeness (QED) is 0.470. The van der Waals surface area contributed by atoms with Crippen molar-refractivity contribution in [2.75, 3.05) is 7.11 Å². The molecule has 2 atom stereocenters. The van der Waals surface area contributed by atoms with Crippen molar-refractivity contribution in [2.24, 2.45) is 5.92 Å². The molecule has 2 N–H and O–H groups in total. The van der Waals surface area contributed by atoms with Gasteiger partial charge in [0.1, 0.15) is 22.3 Å². The van der Waals surface area contributed by atoms with E-state index in [-0.39, 0.29) is 36.7 Å². The maximum absolute atomic E-state index is 13.7. The van der Waals surface area contributed by atoms with Crippen molar-refractivity contribution in [3.05, 3.63) is 62.9 Å². The molecule has 9 heteroatoms. The third kappa shape index (κ3) is 6.76. The van der Waals surface area contributed by atoms with E-state index < -0.39 is 12.1 Å². The van der Waals surface area contributed by atoms with E-state index in [9.17, 15) is 19.1 Å². The van der Waals surface area contributed by atoms with Crippen LogP contribution in [0.3, 0.4) is 0 Å². The van der Waals surface area contributed by atoms with Crippen LogP contribution in [0.4, 0.5) is 4.39 Å². The fraction of sp³-hybridized carbons (Fsp3) is 0.423. The summed E-state index contributed by atoms with van der Waals surface area (Å²) in [5.74, 6) is -1.13. The number of nitrogens with one attached hydrogen (secondary N) is 1. The van der Waals surface area contributed by atoms with E-state index in [2.05, 4.69) is 10.3 Å². The van der Waals surface area contributed by atoms with Crippen LogP contribution in [0.5, 0.6) is 5.75 Å². The first-order chi connectivity index (χ1) is 16.6. The Kier molecular flexibility index (Phi) is 8.80. The highest BCUT2D eigenvalue weighted by molar-refractivity contribution is 7.13. The number of aromatic nitrogens is 1. The zero-order valence-corrected chi connectivity index (χ0v) is 21.4. The van der Waals surface area contributed by atoms with E-state index in [0.717, 1.165) is 16.0 Å². The molecule has 0 aliphatic heterocycles. The lowest BCUT2D eigenvalue weighted by Gasteiger charge is -2.18. The van der Waals surface area contributed by atoms with Crippen LogP contribution < -0.4 is 10.1 Å². The zero-order valence-electron chi connectivity index (χ0n) is 20.6. The number of aryl methyl sites for hydroxylation is 1. The normalized spacial score (nSPS) is 16.5. The number of rotatable bonds is 10. The number of carbonyl (C=O) groups excluding carboxylic acids is 1. The molecule has 2 unspecified atom stereocenters. The number of carboxylic acids is 1. The van der Waals surface area contributed by atoms with Gasteiger partial charge in [-0.1, -0.05) is 25.1 Å². The number of thiazole rings is 1. The van der Waals surface area contributed by atoms with E-state index in [1.165, 1.54) is 24.5 Å². The van der Waals surface area contributed by atoms with E-state index >= 15 is 0 Å². The summed E-state index contributed by atoms with van der Waals surface area (Å²) in [6, 6.07) is 5.35. The Morgan fingerprint density at radius 2 is 2.06 bits per heavy atom. The maximum Gasteiger partial charge on any atom is 0.333 e. The topological polar surface area (TPSA) is 97.8 Å². The Bertz CT molecular complexity index is 1150. The third-order valence-corrected chi connectivity index (χ3v) is 6.69. The monoisotopic (exact) mass is 502 g/mol. The van der Waals surface area contributed by atoms with Gasteiger partial charge in [-0.05, 0) is 50.5 Å². The van der Waals surface area contributed by atoms with Gasteiger partial charge in [-0.15, -0.1) is 11.3 Å². The highest BCUT2D eigenvalue weighted by atomic mass is 32.1. The number of allylic oxidation sites excluding steroid dienone is 4. The number of hydrogen-bond donors (Lipinski definition) is 2. The number of nitrogens with zero attached hydrogens (tertiary/aromatic N) is 1. The molecule has 3 rings (SSSR count). The van der Waals surface area contributed by atoms with Gasteiger partial charge in [0.25, 0.3) is 5.91 Å². The molecule has 0 radical (unpaired) electrons. The molecule has 1 aliphatic rings. The summed E-state index contributed by atoms with van der Waals surface area (Å²) in [5, 5.41) is 13.1. The fourth-order valence-corrected chi connectivity index (χ4v) is 4.78. The number of carbonyl (C=O) groups is 2. The van der Waals surface area contributed by atoms with Gasteiger partial charge >= 0.3 is 5.97 Å². The van der Waals surface area contributed by atoms with Crippen LogP contribution in [-0.4, -0.2) is 41.3 Å². The van der Waals surface area contributed by atoms with Gasteiger partial charge in [0, 0.05) is 29.3 Å². The van der Waals surface area contributed by atoms with Crippen LogP contribution in [0, 0.1) is 12.8 Å². The van der Waals surface area contributed by atoms with Crippen molar-refractivity contribution < 1.29 is 28.6 Å². The molecule has 0 spiro atoms. The molecule has 35 heavy (non-hydrogen) atoms. The molecule has 0 saturated carbocycles. The minimum absolute atomic E-state index is 0.151. The molecule has 2 aromatic rings. The highest BCUT2D eigenvalue weighted by Gasteiger charge is 2.23. The second kappa shape index (κ2) is 11.6. The summed E-state index contributed by atoms with van der Waals surface area (Å²) in [5.41, 5.74) is 2.72. The van der Waals surface area contributed by atoms with Crippen LogP contribution in [0.25, 0.3) is 5.57 Å². The number of carboxylic acid groups (broad SMARTS) is 1. The number of amides is 1. The lowest BCUT2D eigenvalue weighted by atomic mass is 9.95. The Hall–Kier alpha value is -3.04. The van der Waals surface area contributed by atoms with E-state index in [0.29, 0.717) is 28.4 Å². The van der Waals surface area contributed by atoms with Gasteiger partial charge in [0.15, 0.2) is 6.10 Å². The molecule has 0 saturated heterocycles. The summed E-state index contributed by atoms with van der Waals surface area (Å²) >= 11 is 1.41. The van der Waals surface area contributed by atoms with Gasteiger partial charge < -0.3 is 19.9 Å². The van der Waals surface area contributed by atoms with Gasteiger partial charge in [0.05, 0.1) is 13.2 Å². The maximum atomic E-state index is 13.7. The lowest BCUT2D eigenvalue weighted by molar-refractivity contribution is -0.153. The van der Waals surface area contributed by atoms with Crippen molar-refractivity contribution in [2.45, 2.75) is 59.3 Å². The predicted molar refractivity (Wildman–Crippen MR) is 133 cm³/mol. The Labute approximate surface area is 208 Å². The average Bonchev–Trinajstić information content (AvgIpc) is 3.20. The minimum atomic E-state index is -1.03. The first-order valence-corrected chi connectivity index (χ1v) is 12.3. The first kappa shape index (κ1) is 26.6. The Balaban J connectivity index is 1.73. The van der Waals surface area contributed by atoms with Crippen LogP contribution in [0.2, 0.25) is 0 Å². The van der Waals surface area contributed by atoms with E-state index in [1.54, 1.807) is 32.1 Å². The molecule has 1 aromatic carbocycles. The molecular formula is C26H31FN2O5S. The zero-order chi connectivity index (χ0) is 25.7. The van der Waals surface area contributed by atoms with Crippen molar-refractivity contribution in [3.63, 3.8) is 0 Å². The van der Waals surface area contributed by atoms with E-state index in [4.69, 9.17) is 9.47 Å². The summed E-state index contributed by atoms with van der Waals surface area (Å²) in [7, 11) is 1.54. The third-order valence-electron chi connectivity index (χ3n) is 5.64. The fourth-order valence-electron chi connectivity index (χ4n) is 3.84. The summed E-state index contributed by atoms with van der Waals surface area (Å²) in [6.45, 7) is 7.41. The largest absolute Gasteiger partial charge is 0.496 e. The van der Waals surface area contributed by atoms with Crippen LogP contribution in [0.1, 0.15) is 58.7 Å². The lowest BCUT2D eigenvalue weighted by Crippen LogP contribution is -2.29. The molecule has 0 fully saturated rings. The second-order valence-electron chi connectivity index (χ2n) is 8.82. The average molecular weight is 503 g/mol. The van der Waals surface area contributed by atoms with Gasteiger partial charge in [-0.2, -0.15) is 0 Å². The standard InChI is InChI=1S/C26H31FN2O5S/c1-14(2)34-22(26(31)32)12-17-6-9-21(33-5)19(11-17)13-28-24(30)23-16(4)35-25(29-23)18-7-8-20(27)15(3)10-18/h6-9,11,14-15,22H,10,12-13H2,1-5H3,(H,28,30)(H,31,32). The Morgan fingerprint density at radius 1 is 1.31 bits per heavy atom. The number of hydrogen-bond acceptors (Lipinski definition) is 6. The molecule has 1 aliphatic carbocycles. The van der Waals surface area contributed by atoms with Gasteiger partial charge in [-0.25, -0.2) is 14.2 Å². The predicted octanol–water partition coefficient (Wildman–Crippen LogP) is 5.09. The SMILES string of the molecule is COc1ccc(CC(OC(C)C)C(=O)O)cc1CNC(=O)c1nc(C2=CC=C(F)C(C)C2)sc1C. The number of halogens is 1. The van der Waals surface area contributed by atoms with Crippen molar-refractivity contribution in [1.29, 1.82) is 0 Å². The van der Waals surface area contributed by atoms with Crippen molar-refractivity contribution >= 4 is 28.8 Å². The molecule has 7 nitrogen and oxygen atoms in total. The summed E-state index contributed by atoms with van der Waals surface area (Å²) < 4.78 is 24.6. The number of benzene rings is 1. The smallest absolute Gasteiger partial charge is 0.333 e. The Morgan fingerprint density at radius 3 is 2.69 bits per heavy atom. The molecular weight excluding hydrogens is 471 g/mol. The van der Waals surface area contributed by atoms with Crippen molar-refractivity contribution in [1.82, 2.24) is 10.3 Å². The van der Waals surface area contributed by atoms with Crippen molar-refractivity contribution in [3.8, 4) is 5.75 Å².